The molecule has 0 fully saturated rings. The van der Waals surface area contributed by atoms with Gasteiger partial charge in [-0.3, -0.25) is 4.79 Å². The first kappa shape index (κ1) is 14.4. The number of carbonyl (C=O) groups is 1. The topological polar surface area (TPSA) is 84.0 Å². The monoisotopic (exact) mass is 305 g/mol. The van der Waals surface area contributed by atoms with Crippen LogP contribution in [-0.4, -0.2) is 51.1 Å². The molecule has 0 aliphatic carbocycles. The van der Waals surface area contributed by atoms with E-state index in [1.54, 1.807) is 24.1 Å². The average Bonchev–Trinajstić information content (AvgIpc) is 3.16. The standard InChI is InChI=1S/C14H16FN5O2/c1-8(13-16-18-19-17-13)7-20(2)14(21)11-6-9-4-3-5-10(15)12(9)22-11/h3-5,8,11H,6-7H2,1-2H3,(H,16,17,18,19)/t8-,11+/m1/s1. The van der Waals surface area contributed by atoms with Crippen LogP contribution in [-0.2, 0) is 11.2 Å². The zero-order valence-electron chi connectivity index (χ0n) is 12.3. The summed E-state index contributed by atoms with van der Waals surface area (Å²) >= 11 is 0. The molecule has 1 aliphatic rings. The van der Waals surface area contributed by atoms with Gasteiger partial charge in [0.05, 0.1) is 0 Å². The number of amides is 1. The maximum Gasteiger partial charge on any atom is 0.263 e. The number of para-hydroxylation sites is 1. The molecule has 116 valence electrons. The van der Waals surface area contributed by atoms with Crippen LogP contribution in [0.25, 0.3) is 0 Å². The highest BCUT2D eigenvalue weighted by Crippen LogP contribution is 2.32. The van der Waals surface area contributed by atoms with E-state index in [1.807, 2.05) is 6.92 Å². The van der Waals surface area contributed by atoms with Gasteiger partial charge in [0.25, 0.3) is 5.91 Å². The number of halogens is 1. The number of fused-ring (bicyclic) bond motifs is 1. The van der Waals surface area contributed by atoms with Crippen LogP contribution in [0.15, 0.2) is 18.2 Å². The van der Waals surface area contributed by atoms with E-state index in [0.717, 1.165) is 5.56 Å². The number of hydrogen-bond acceptors (Lipinski definition) is 5. The van der Waals surface area contributed by atoms with Gasteiger partial charge in [-0.1, -0.05) is 24.3 Å². The molecule has 0 unspecified atom stereocenters. The normalized spacial score (nSPS) is 17.7. The molecular weight excluding hydrogens is 289 g/mol. The van der Waals surface area contributed by atoms with Crippen molar-refractivity contribution in [2.75, 3.05) is 13.6 Å². The third kappa shape index (κ3) is 2.63. The van der Waals surface area contributed by atoms with Crippen molar-refractivity contribution in [2.24, 2.45) is 0 Å². The summed E-state index contributed by atoms with van der Waals surface area (Å²) in [6, 6.07) is 4.72. The van der Waals surface area contributed by atoms with Crippen molar-refractivity contribution in [3.8, 4) is 5.75 Å². The lowest BCUT2D eigenvalue weighted by Gasteiger charge is -2.22. The van der Waals surface area contributed by atoms with Gasteiger partial charge < -0.3 is 9.64 Å². The minimum absolute atomic E-state index is 0.0618. The molecule has 0 saturated heterocycles. The van der Waals surface area contributed by atoms with Crippen LogP contribution in [0.2, 0.25) is 0 Å². The quantitative estimate of drug-likeness (QED) is 0.907. The van der Waals surface area contributed by atoms with Gasteiger partial charge in [0, 0.05) is 31.5 Å². The minimum atomic E-state index is -0.686. The van der Waals surface area contributed by atoms with Gasteiger partial charge in [0.15, 0.2) is 23.5 Å². The molecule has 22 heavy (non-hydrogen) atoms. The fraction of sp³-hybridized carbons (Fsp3) is 0.429. The molecule has 3 rings (SSSR count). The van der Waals surface area contributed by atoms with Crippen molar-refractivity contribution < 1.29 is 13.9 Å². The molecule has 1 N–H and O–H groups in total. The van der Waals surface area contributed by atoms with Gasteiger partial charge in [-0.15, -0.1) is 10.2 Å². The third-order valence-corrected chi connectivity index (χ3v) is 3.72. The number of H-pyrrole nitrogens is 1. The van der Waals surface area contributed by atoms with Crippen molar-refractivity contribution in [1.29, 1.82) is 0 Å². The van der Waals surface area contributed by atoms with E-state index in [2.05, 4.69) is 20.6 Å². The minimum Gasteiger partial charge on any atom is -0.477 e. The molecule has 0 saturated carbocycles. The number of nitrogens with zero attached hydrogens (tertiary/aromatic N) is 4. The lowest BCUT2D eigenvalue weighted by molar-refractivity contribution is -0.136. The molecule has 0 spiro atoms. The first-order valence-electron chi connectivity index (χ1n) is 6.98. The Kier molecular flexibility index (Phi) is 3.74. The van der Waals surface area contributed by atoms with Crippen LogP contribution < -0.4 is 4.74 Å². The molecule has 1 amide bonds. The maximum absolute atomic E-state index is 13.6. The molecule has 1 aliphatic heterocycles. The predicted octanol–water partition coefficient (Wildman–Crippen LogP) is 0.904. The summed E-state index contributed by atoms with van der Waals surface area (Å²) in [4.78, 5) is 14.0. The number of hydrogen-bond donors (Lipinski definition) is 1. The summed E-state index contributed by atoms with van der Waals surface area (Å²) in [5.41, 5.74) is 0.720. The van der Waals surface area contributed by atoms with Crippen molar-refractivity contribution >= 4 is 5.91 Å². The Morgan fingerprint density at radius 3 is 3.09 bits per heavy atom. The van der Waals surface area contributed by atoms with E-state index in [1.165, 1.54) is 6.07 Å². The van der Waals surface area contributed by atoms with Crippen LogP contribution in [0.3, 0.4) is 0 Å². The molecule has 2 heterocycles. The summed E-state index contributed by atoms with van der Waals surface area (Å²) in [5.74, 6) is 0.0385. The van der Waals surface area contributed by atoms with Crippen molar-refractivity contribution in [3.05, 3.63) is 35.4 Å². The smallest absolute Gasteiger partial charge is 0.263 e. The first-order valence-corrected chi connectivity index (χ1v) is 6.98. The van der Waals surface area contributed by atoms with E-state index >= 15 is 0 Å². The van der Waals surface area contributed by atoms with E-state index in [0.29, 0.717) is 18.8 Å². The Labute approximate surface area is 126 Å². The van der Waals surface area contributed by atoms with Crippen LogP contribution in [0.5, 0.6) is 5.75 Å². The van der Waals surface area contributed by atoms with Crippen molar-refractivity contribution in [2.45, 2.75) is 25.4 Å². The van der Waals surface area contributed by atoms with Crippen LogP contribution in [0.1, 0.15) is 24.2 Å². The Hall–Kier alpha value is -2.51. The number of benzene rings is 1. The summed E-state index contributed by atoms with van der Waals surface area (Å²) in [6.45, 7) is 2.33. The van der Waals surface area contributed by atoms with Gasteiger partial charge in [-0.05, 0) is 6.07 Å². The largest absolute Gasteiger partial charge is 0.477 e. The average molecular weight is 305 g/mol. The number of tetrazole rings is 1. The van der Waals surface area contributed by atoms with Gasteiger partial charge in [-0.2, -0.15) is 5.21 Å². The molecule has 8 heteroatoms. The van der Waals surface area contributed by atoms with E-state index in [4.69, 9.17) is 4.74 Å². The zero-order valence-corrected chi connectivity index (χ0v) is 12.3. The maximum atomic E-state index is 13.6. The van der Waals surface area contributed by atoms with Gasteiger partial charge in [0.1, 0.15) is 0 Å². The van der Waals surface area contributed by atoms with Crippen LogP contribution in [0.4, 0.5) is 4.39 Å². The second kappa shape index (κ2) is 5.70. The highest BCUT2D eigenvalue weighted by Gasteiger charge is 2.33. The molecule has 1 aromatic heterocycles. The Morgan fingerprint density at radius 1 is 1.59 bits per heavy atom. The molecule has 2 aromatic rings. The number of carbonyl (C=O) groups excluding carboxylic acids is 1. The highest BCUT2D eigenvalue weighted by atomic mass is 19.1. The first-order chi connectivity index (χ1) is 10.6. The summed E-state index contributed by atoms with van der Waals surface area (Å²) < 4.78 is 19.1. The van der Waals surface area contributed by atoms with Crippen LogP contribution in [0, 0.1) is 5.82 Å². The second-order valence-corrected chi connectivity index (χ2v) is 5.43. The molecule has 2 atom stereocenters. The molecule has 1 aromatic carbocycles. The number of ether oxygens (including phenoxy) is 1. The number of likely N-dealkylation sites (N-methyl/N-ethyl adjacent to an activating group) is 1. The zero-order chi connectivity index (χ0) is 15.7. The molecule has 7 nitrogen and oxygen atoms in total. The van der Waals surface area contributed by atoms with Crippen molar-refractivity contribution in [3.63, 3.8) is 0 Å². The van der Waals surface area contributed by atoms with Gasteiger partial charge in [-0.25, -0.2) is 4.39 Å². The third-order valence-electron chi connectivity index (χ3n) is 3.72. The van der Waals surface area contributed by atoms with Gasteiger partial charge in [0.2, 0.25) is 0 Å². The molecular formula is C14H16FN5O2. The summed E-state index contributed by atoms with van der Waals surface area (Å²) in [6.07, 6.45) is -0.304. The number of nitrogens with one attached hydrogen (secondary N) is 1. The molecule has 0 radical (unpaired) electrons. The summed E-state index contributed by atoms with van der Waals surface area (Å²) in [5, 5.41) is 13.7. The number of aromatic nitrogens is 4. The Bertz CT molecular complexity index is 676. The Balaban J connectivity index is 1.64. The van der Waals surface area contributed by atoms with E-state index < -0.39 is 11.9 Å². The fourth-order valence-electron chi connectivity index (χ4n) is 2.57. The lowest BCUT2D eigenvalue weighted by Crippen LogP contribution is -2.40. The summed E-state index contributed by atoms with van der Waals surface area (Å²) in [7, 11) is 1.68. The lowest BCUT2D eigenvalue weighted by atomic mass is 10.1. The van der Waals surface area contributed by atoms with E-state index in [9.17, 15) is 9.18 Å². The number of rotatable bonds is 4. The predicted molar refractivity (Wildman–Crippen MR) is 74.7 cm³/mol. The fourth-order valence-corrected chi connectivity index (χ4v) is 2.57. The molecule has 0 bridgehead atoms. The van der Waals surface area contributed by atoms with Crippen molar-refractivity contribution in [1.82, 2.24) is 25.5 Å². The highest BCUT2D eigenvalue weighted by molar-refractivity contribution is 5.82. The Morgan fingerprint density at radius 2 is 2.41 bits per heavy atom. The van der Waals surface area contributed by atoms with Gasteiger partial charge >= 0.3 is 0 Å². The van der Waals surface area contributed by atoms with Crippen LogP contribution >= 0.6 is 0 Å². The number of aromatic amines is 1. The second-order valence-electron chi connectivity index (χ2n) is 5.43. The van der Waals surface area contributed by atoms with E-state index in [-0.39, 0.29) is 17.6 Å². The SMILES string of the molecule is C[C@H](CN(C)C(=O)[C@@H]1Cc2cccc(F)c2O1)c1nn[nH]n1.